The predicted octanol–water partition coefficient (Wildman–Crippen LogP) is 5.18. The average Bonchev–Trinajstić information content (AvgIpc) is 2.34. The molecule has 0 amide bonds. The molecular formula is C15H16Cl2N2. The standard InChI is InChI=1S/C15H16Cl2N2/c1-9-6-4-5-7-12(9)11(3)18-14-10(2)8-13(16)19-15(14)17/h4-8,11,18H,1-3H3. The van der Waals surface area contributed by atoms with Crippen LogP contribution >= 0.6 is 23.2 Å². The fourth-order valence-corrected chi connectivity index (χ4v) is 2.72. The van der Waals surface area contributed by atoms with E-state index in [1.54, 1.807) is 6.07 Å². The second kappa shape index (κ2) is 5.81. The number of aryl methyl sites for hydroxylation is 2. The van der Waals surface area contributed by atoms with E-state index in [1.165, 1.54) is 11.1 Å². The molecule has 19 heavy (non-hydrogen) atoms. The summed E-state index contributed by atoms with van der Waals surface area (Å²) in [5.74, 6) is 0. The van der Waals surface area contributed by atoms with Gasteiger partial charge in [-0.25, -0.2) is 4.98 Å². The summed E-state index contributed by atoms with van der Waals surface area (Å²) in [5.41, 5.74) is 4.32. The van der Waals surface area contributed by atoms with Crippen molar-refractivity contribution < 1.29 is 0 Å². The number of anilines is 1. The first-order valence-corrected chi connectivity index (χ1v) is 6.89. The lowest BCUT2D eigenvalue weighted by Crippen LogP contribution is -2.10. The molecule has 1 atom stereocenters. The molecule has 2 rings (SSSR count). The van der Waals surface area contributed by atoms with E-state index in [0.29, 0.717) is 10.3 Å². The molecule has 100 valence electrons. The van der Waals surface area contributed by atoms with Crippen molar-refractivity contribution in [2.75, 3.05) is 5.32 Å². The Morgan fingerprint density at radius 3 is 2.42 bits per heavy atom. The summed E-state index contributed by atoms with van der Waals surface area (Å²) >= 11 is 12.0. The molecule has 0 aliphatic carbocycles. The molecular weight excluding hydrogens is 279 g/mol. The summed E-state index contributed by atoms with van der Waals surface area (Å²) in [7, 11) is 0. The Bertz CT molecular complexity index is 573. The van der Waals surface area contributed by atoms with E-state index in [4.69, 9.17) is 23.2 Å². The first-order chi connectivity index (χ1) is 8.99. The Balaban J connectivity index is 2.29. The molecule has 0 radical (unpaired) electrons. The van der Waals surface area contributed by atoms with Gasteiger partial charge in [0.1, 0.15) is 5.15 Å². The van der Waals surface area contributed by atoms with Crippen LogP contribution in [0.4, 0.5) is 5.69 Å². The summed E-state index contributed by atoms with van der Waals surface area (Å²) in [6.07, 6.45) is 0. The van der Waals surface area contributed by atoms with Gasteiger partial charge in [0.15, 0.2) is 5.15 Å². The smallest absolute Gasteiger partial charge is 0.154 e. The molecule has 0 saturated heterocycles. The molecule has 0 spiro atoms. The van der Waals surface area contributed by atoms with Crippen LogP contribution in [0.2, 0.25) is 10.3 Å². The Morgan fingerprint density at radius 1 is 1.11 bits per heavy atom. The maximum absolute atomic E-state index is 6.15. The predicted molar refractivity (Wildman–Crippen MR) is 82.2 cm³/mol. The third-order valence-electron chi connectivity index (χ3n) is 3.16. The highest BCUT2D eigenvalue weighted by Crippen LogP contribution is 2.30. The SMILES string of the molecule is Cc1ccccc1C(C)Nc1c(C)cc(Cl)nc1Cl. The van der Waals surface area contributed by atoms with Crippen LogP contribution in [0.15, 0.2) is 30.3 Å². The summed E-state index contributed by atoms with van der Waals surface area (Å²) in [4.78, 5) is 4.07. The highest BCUT2D eigenvalue weighted by Gasteiger charge is 2.13. The maximum atomic E-state index is 6.15. The lowest BCUT2D eigenvalue weighted by Gasteiger charge is -2.20. The van der Waals surface area contributed by atoms with Crippen molar-refractivity contribution in [2.45, 2.75) is 26.8 Å². The van der Waals surface area contributed by atoms with E-state index in [2.05, 4.69) is 36.3 Å². The van der Waals surface area contributed by atoms with E-state index in [-0.39, 0.29) is 6.04 Å². The van der Waals surface area contributed by atoms with Crippen molar-refractivity contribution in [1.29, 1.82) is 0 Å². The monoisotopic (exact) mass is 294 g/mol. The van der Waals surface area contributed by atoms with Gasteiger partial charge >= 0.3 is 0 Å². The molecule has 1 unspecified atom stereocenters. The molecule has 0 fully saturated rings. The van der Waals surface area contributed by atoms with E-state index in [1.807, 2.05) is 19.1 Å². The molecule has 0 aliphatic heterocycles. The van der Waals surface area contributed by atoms with Crippen molar-refractivity contribution in [3.05, 3.63) is 57.3 Å². The second-order valence-electron chi connectivity index (χ2n) is 4.65. The first-order valence-electron chi connectivity index (χ1n) is 6.13. The van der Waals surface area contributed by atoms with Gasteiger partial charge in [-0.3, -0.25) is 0 Å². The molecule has 1 heterocycles. The Morgan fingerprint density at radius 2 is 1.79 bits per heavy atom. The van der Waals surface area contributed by atoms with Gasteiger partial charge in [0, 0.05) is 6.04 Å². The number of rotatable bonds is 3. The van der Waals surface area contributed by atoms with Crippen molar-refractivity contribution in [1.82, 2.24) is 4.98 Å². The van der Waals surface area contributed by atoms with Gasteiger partial charge in [0.2, 0.25) is 0 Å². The van der Waals surface area contributed by atoms with Crippen molar-refractivity contribution in [2.24, 2.45) is 0 Å². The number of nitrogens with zero attached hydrogens (tertiary/aromatic N) is 1. The Kier molecular flexibility index (Phi) is 4.33. The molecule has 0 saturated carbocycles. The zero-order valence-corrected chi connectivity index (χ0v) is 12.7. The van der Waals surface area contributed by atoms with E-state index in [9.17, 15) is 0 Å². The quantitative estimate of drug-likeness (QED) is 0.789. The highest BCUT2D eigenvalue weighted by molar-refractivity contribution is 6.34. The van der Waals surface area contributed by atoms with Gasteiger partial charge < -0.3 is 5.32 Å². The minimum Gasteiger partial charge on any atom is -0.376 e. The number of halogens is 2. The normalized spacial score (nSPS) is 12.3. The first kappa shape index (κ1) is 14.2. The van der Waals surface area contributed by atoms with Gasteiger partial charge in [0.05, 0.1) is 5.69 Å². The summed E-state index contributed by atoms with van der Waals surface area (Å²) in [6.45, 7) is 6.17. The lowest BCUT2D eigenvalue weighted by atomic mass is 10.0. The third kappa shape index (κ3) is 3.20. The number of hydrogen-bond acceptors (Lipinski definition) is 2. The van der Waals surface area contributed by atoms with E-state index < -0.39 is 0 Å². The van der Waals surface area contributed by atoms with Gasteiger partial charge in [-0.05, 0) is 43.5 Å². The molecule has 2 aromatic rings. The van der Waals surface area contributed by atoms with E-state index >= 15 is 0 Å². The zero-order valence-electron chi connectivity index (χ0n) is 11.2. The highest BCUT2D eigenvalue weighted by atomic mass is 35.5. The number of aromatic nitrogens is 1. The topological polar surface area (TPSA) is 24.9 Å². The molecule has 1 aromatic carbocycles. The van der Waals surface area contributed by atoms with Crippen LogP contribution in [-0.4, -0.2) is 4.98 Å². The fourth-order valence-electron chi connectivity index (χ4n) is 2.14. The molecule has 4 heteroatoms. The molecule has 2 nitrogen and oxygen atoms in total. The van der Waals surface area contributed by atoms with Crippen LogP contribution in [0.1, 0.15) is 29.7 Å². The van der Waals surface area contributed by atoms with Gasteiger partial charge in [-0.15, -0.1) is 0 Å². The van der Waals surface area contributed by atoms with Gasteiger partial charge in [0.25, 0.3) is 0 Å². The van der Waals surface area contributed by atoms with Crippen molar-refractivity contribution in [3.8, 4) is 0 Å². The number of nitrogens with one attached hydrogen (secondary N) is 1. The minimum atomic E-state index is 0.153. The minimum absolute atomic E-state index is 0.153. The number of hydrogen-bond donors (Lipinski definition) is 1. The van der Waals surface area contributed by atoms with Crippen LogP contribution in [0.25, 0.3) is 0 Å². The summed E-state index contributed by atoms with van der Waals surface area (Å²) in [5, 5.41) is 4.23. The second-order valence-corrected chi connectivity index (χ2v) is 5.40. The molecule has 1 aromatic heterocycles. The maximum Gasteiger partial charge on any atom is 0.154 e. The zero-order chi connectivity index (χ0) is 14.0. The number of pyridine rings is 1. The van der Waals surface area contributed by atoms with Crippen molar-refractivity contribution in [3.63, 3.8) is 0 Å². The van der Waals surface area contributed by atoms with Crippen LogP contribution in [0, 0.1) is 13.8 Å². The fraction of sp³-hybridized carbons (Fsp3) is 0.267. The van der Waals surface area contributed by atoms with Crippen LogP contribution in [0.5, 0.6) is 0 Å². The van der Waals surface area contributed by atoms with Gasteiger partial charge in [-0.1, -0.05) is 47.5 Å². The number of benzene rings is 1. The van der Waals surface area contributed by atoms with Crippen LogP contribution in [0.3, 0.4) is 0 Å². The van der Waals surface area contributed by atoms with Crippen LogP contribution < -0.4 is 5.32 Å². The summed E-state index contributed by atoms with van der Waals surface area (Å²) < 4.78 is 0. The Hall–Kier alpha value is -1.25. The summed E-state index contributed by atoms with van der Waals surface area (Å²) in [6, 6.07) is 10.2. The van der Waals surface area contributed by atoms with Crippen LogP contribution in [-0.2, 0) is 0 Å². The Labute approximate surface area is 123 Å². The molecule has 1 N–H and O–H groups in total. The third-order valence-corrected chi connectivity index (χ3v) is 3.62. The molecule has 0 aliphatic rings. The van der Waals surface area contributed by atoms with Gasteiger partial charge in [-0.2, -0.15) is 0 Å². The van der Waals surface area contributed by atoms with E-state index in [0.717, 1.165) is 11.3 Å². The lowest BCUT2D eigenvalue weighted by molar-refractivity contribution is 0.870. The molecule has 0 bridgehead atoms. The average molecular weight is 295 g/mol. The van der Waals surface area contributed by atoms with Crippen molar-refractivity contribution >= 4 is 28.9 Å². The largest absolute Gasteiger partial charge is 0.376 e.